The van der Waals surface area contributed by atoms with Crippen molar-refractivity contribution in [1.82, 2.24) is 4.98 Å². The Morgan fingerprint density at radius 3 is 3.00 bits per heavy atom. The minimum atomic E-state index is 0.0278. The molecule has 0 bridgehead atoms. The van der Waals surface area contributed by atoms with Crippen LogP contribution in [0.2, 0.25) is 0 Å². The van der Waals surface area contributed by atoms with E-state index in [1.54, 1.807) is 6.20 Å². The lowest BCUT2D eigenvalue weighted by atomic mass is 10.2. The van der Waals surface area contributed by atoms with E-state index in [1.807, 2.05) is 5.38 Å². The number of hydrogen-bond donors (Lipinski definition) is 2. The highest BCUT2D eigenvalue weighted by atomic mass is 32.1. The fourth-order valence-electron chi connectivity index (χ4n) is 0.690. The summed E-state index contributed by atoms with van der Waals surface area (Å²) in [5, 5.41) is 11.6. The van der Waals surface area contributed by atoms with Crippen LogP contribution in [-0.4, -0.2) is 23.2 Å². The SMILES string of the molecule is NCC(CO)c1nccs1. The third-order valence-corrected chi connectivity index (χ3v) is 2.24. The molecule has 56 valence electrons. The first-order valence-corrected chi connectivity index (χ1v) is 3.96. The first-order chi connectivity index (χ1) is 4.88. The lowest BCUT2D eigenvalue weighted by Gasteiger charge is -2.05. The molecule has 0 aliphatic carbocycles. The Balaban J connectivity index is 2.64. The summed E-state index contributed by atoms with van der Waals surface area (Å²) in [6.45, 7) is 0.550. The minimum absolute atomic E-state index is 0.0278. The van der Waals surface area contributed by atoms with Gasteiger partial charge in [0.2, 0.25) is 0 Å². The first kappa shape index (κ1) is 7.65. The van der Waals surface area contributed by atoms with Crippen molar-refractivity contribution in [3.8, 4) is 0 Å². The molecule has 0 spiro atoms. The molecule has 1 heterocycles. The fraction of sp³-hybridized carbons (Fsp3) is 0.500. The van der Waals surface area contributed by atoms with Crippen molar-refractivity contribution in [3.05, 3.63) is 16.6 Å². The number of hydrogen-bond acceptors (Lipinski definition) is 4. The van der Waals surface area contributed by atoms with E-state index in [9.17, 15) is 0 Å². The second kappa shape index (κ2) is 3.65. The van der Waals surface area contributed by atoms with Crippen molar-refractivity contribution in [2.24, 2.45) is 5.73 Å². The highest BCUT2D eigenvalue weighted by Crippen LogP contribution is 2.15. The maximum atomic E-state index is 8.78. The second-order valence-electron chi connectivity index (χ2n) is 1.99. The van der Waals surface area contributed by atoms with E-state index in [-0.39, 0.29) is 12.5 Å². The van der Waals surface area contributed by atoms with E-state index < -0.39 is 0 Å². The van der Waals surface area contributed by atoms with Crippen molar-refractivity contribution in [2.45, 2.75) is 5.92 Å². The largest absolute Gasteiger partial charge is 0.396 e. The van der Waals surface area contributed by atoms with E-state index in [0.717, 1.165) is 5.01 Å². The molecule has 0 saturated heterocycles. The third-order valence-electron chi connectivity index (χ3n) is 1.31. The van der Waals surface area contributed by atoms with Gasteiger partial charge in [0.1, 0.15) is 0 Å². The standard InChI is InChI=1S/C6H10N2OS/c7-3-5(4-9)6-8-1-2-10-6/h1-2,5,9H,3-4,7H2. The summed E-state index contributed by atoms with van der Waals surface area (Å²) in [6, 6.07) is 0. The molecule has 1 atom stereocenters. The molecule has 1 rings (SSSR count). The number of nitrogens with zero attached hydrogens (tertiary/aromatic N) is 1. The van der Waals surface area contributed by atoms with Gasteiger partial charge in [0, 0.05) is 24.0 Å². The van der Waals surface area contributed by atoms with Crippen LogP contribution < -0.4 is 5.73 Å². The Hall–Kier alpha value is -0.450. The van der Waals surface area contributed by atoms with E-state index in [2.05, 4.69) is 4.98 Å². The van der Waals surface area contributed by atoms with Crippen LogP contribution in [0.3, 0.4) is 0 Å². The van der Waals surface area contributed by atoms with Gasteiger partial charge in [0.05, 0.1) is 11.6 Å². The first-order valence-electron chi connectivity index (χ1n) is 3.08. The van der Waals surface area contributed by atoms with Crippen molar-refractivity contribution < 1.29 is 5.11 Å². The molecule has 10 heavy (non-hydrogen) atoms. The van der Waals surface area contributed by atoms with Gasteiger partial charge in [-0.2, -0.15) is 0 Å². The predicted molar refractivity (Wildman–Crippen MR) is 41.0 cm³/mol. The van der Waals surface area contributed by atoms with Crippen LogP contribution in [-0.2, 0) is 0 Å². The zero-order valence-corrected chi connectivity index (χ0v) is 6.34. The van der Waals surface area contributed by atoms with Crippen molar-refractivity contribution in [3.63, 3.8) is 0 Å². The molecule has 0 aliphatic heterocycles. The van der Waals surface area contributed by atoms with E-state index in [1.165, 1.54) is 11.3 Å². The van der Waals surface area contributed by atoms with Crippen LogP contribution in [0.1, 0.15) is 10.9 Å². The van der Waals surface area contributed by atoms with Gasteiger partial charge in [0.15, 0.2) is 0 Å². The van der Waals surface area contributed by atoms with Crippen LogP contribution in [0, 0.1) is 0 Å². The van der Waals surface area contributed by atoms with Gasteiger partial charge in [-0.05, 0) is 0 Å². The highest BCUT2D eigenvalue weighted by Gasteiger charge is 2.09. The molecule has 1 aromatic heterocycles. The van der Waals surface area contributed by atoms with Gasteiger partial charge in [0.25, 0.3) is 0 Å². The second-order valence-corrected chi connectivity index (χ2v) is 2.91. The molecule has 1 aromatic rings. The van der Waals surface area contributed by atoms with Gasteiger partial charge in [-0.25, -0.2) is 4.98 Å². The summed E-state index contributed by atoms with van der Waals surface area (Å²) in [7, 11) is 0. The van der Waals surface area contributed by atoms with Crippen molar-refractivity contribution in [2.75, 3.05) is 13.2 Å². The Bertz CT molecular complexity index is 172. The molecule has 0 amide bonds. The van der Waals surface area contributed by atoms with Crippen LogP contribution in [0.5, 0.6) is 0 Å². The summed E-state index contributed by atoms with van der Waals surface area (Å²) < 4.78 is 0. The average Bonchev–Trinajstić information content (AvgIpc) is 2.43. The summed E-state index contributed by atoms with van der Waals surface area (Å²) in [5.41, 5.74) is 5.38. The minimum Gasteiger partial charge on any atom is -0.396 e. The lowest BCUT2D eigenvalue weighted by molar-refractivity contribution is 0.267. The van der Waals surface area contributed by atoms with Crippen LogP contribution >= 0.6 is 11.3 Å². The third kappa shape index (κ3) is 1.53. The zero-order chi connectivity index (χ0) is 7.40. The molecule has 0 fully saturated rings. The molecule has 0 saturated carbocycles. The maximum absolute atomic E-state index is 8.78. The predicted octanol–water partition coefficient (Wildman–Crippen LogP) is 0.178. The molecular formula is C6H10N2OS. The van der Waals surface area contributed by atoms with Gasteiger partial charge in [-0.3, -0.25) is 0 Å². The molecule has 0 aliphatic rings. The summed E-state index contributed by atoms with van der Waals surface area (Å²) in [5.74, 6) is 0.0278. The summed E-state index contributed by atoms with van der Waals surface area (Å²) in [4.78, 5) is 4.04. The van der Waals surface area contributed by atoms with Gasteiger partial charge < -0.3 is 10.8 Å². The maximum Gasteiger partial charge on any atom is 0.0991 e. The van der Waals surface area contributed by atoms with E-state index in [4.69, 9.17) is 10.8 Å². The number of nitrogens with two attached hydrogens (primary N) is 1. The molecule has 1 unspecified atom stereocenters. The zero-order valence-electron chi connectivity index (χ0n) is 5.53. The Morgan fingerprint density at radius 2 is 2.60 bits per heavy atom. The normalized spacial score (nSPS) is 13.4. The molecule has 0 aromatic carbocycles. The van der Waals surface area contributed by atoms with Gasteiger partial charge in [-0.15, -0.1) is 11.3 Å². The molecule has 4 heteroatoms. The smallest absolute Gasteiger partial charge is 0.0991 e. The Kier molecular flexibility index (Phi) is 2.80. The van der Waals surface area contributed by atoms with Crippen molar-refractivity contribution in [1.29, 1.82) is 0 Å². The fourth-order valence-corrected chi connectivity index (χ4v) is 1.44. The topological polar surface area (TPSA) is 59.1 Å². The lowest BCUT2D eigenvalue weighted by Crippen LogP contribution is -2.15. The monoisotopic (exact) mass is 158 g/mol. The van der Waals surface area contributed by atoms with Gasteiger partial charge >= 0.3 is 0 Å². The van der Waals surface area contributed by atoms with E-state index in [0.29, 0.717) is 6.54 Å². The average molecular weight is 158 g/mol. The summed E-state index contributed by atoms with van der Waals surface area (Å²) >= 11 is 1.53. The van der Waals surface area contributed by atoms with E-state index >= 15 is 0 Å². The number of rotatable bonds is 3. The van der Waals surface area contributed by atoms with Crippen LogP contribution in [0.4, 0.5) is 0 Å². The van der Waals surface area contributed by atoms with Gasteiger partial charge in [-0.1, -0.05) is 0 Å². The van der Waals surface area contributed by atoms with Crippen LogP contribution in [0.15, 0.2) is 11.6 Å². The molecule has 3 nitrogen and oxygen atoms in total. The molecular weight excluding hydrogens is 148 g/mol. The molecule has 3 N–H and O–H groups in total. The molecule has 0 radical (unpaired) electrons. The summed E-state index contributed by atoms with van der Waals surface area (Å²) in [6.07, 6.45) is 1.72. The number of aliphatic hydroxyl groups is 1. The van der Waals surface area contributed by atoms with Crippen LogP contribution in [0.25, 0.3) is 0 Å². The van der Waals surface area contributed by atoms with Crippen molar-refractivity contribution >= 4 is 11.3 Å². The number of aliphatic hydroxyl groups excluding tert-OH is 1. The quantitative estimate of drug-likeness (QED) is 0.659. The highest BCUT2D eigenvalue weighted by molar-refractivity contribution is 7.09. The number of aromatic nitrogens is 1. The number of thiazole rings is 1. The Labute approximate surface area is 63.5 Å². The Morgan fingerprint density at radius 1 is 1.80 bits per heavy atom.